The van der Waals surface area contributed by atoms with Crippen molar-refractivity contribution < 1.29 is 19.1 Å². The summed E-state index contributed by atoms with van der Waals surface area (Å²) in [6.07, 6.45) is 2.95. The minimum absolute atomic E-state index is 0.0844. The predicted molar refractivity (Wildman–Crippen MR) is 130 cm³/mol. The van der Waals surface area contributed by atoms with E-state index in [1.165, 1.54) is 10.5 Å². The Labute approximate surface area is 199 Å². The number of fused-ring (bicyclic) bond motifs is 1. The molecule has 2 amide bonds. The van der Waals surface area contributed by atoms with Crippen LogP contribution in [0.4, 0.5) is 4.79 Å². The van der Waals surface area contributed by atoms with Crippen molar-refractivity contribution in [1.82, 2.24) is 10.6 Å². The molecular weight excluding hydrogens is 436 g/mol. The number of carbonyl (C=O) groups is 2. The van der Waals surface area contributed by atoms with Gasteiger partial charge < -0.3 is 20.1 Å². The number of nitrogens with one attached hydrogen (secondary N) is 2. The molecular formula is C26H32N2O4S. The summed E-state index contributed by atoms with van der Waals surface area (Å²) < 4.78 is 11.0. The van der Waals surface area contributed by atoms with Gasteiger partial charge in [0, 0.05) is 29.7 Å². The SMILES string of the molecule is CCNC(=O)OC1CCC(CNC(=O)c2ccccc2OC)(C2CSc3ccccc32)CC1. The number of rotatable bonds is 7. The van der Waals surface area contributed by atoms with E-state index in [1.807, 2.05) is 30.8 Å². The lowest BCUT2D eigenvalue weighted by atomic mass is 9.63. The van der Waals surface area contributed by atoms with Gasteiger partial charge in [-0.1, -0.05) is 30.3 Å². The molecule has 0 radical (unpaired) electrons. The highest BCUT2D eigenvalue weighted by molar-refractivity contribution is 7.99. The maximum Gasteiger partial charge on any atom is 0.407 e. The van der Waals surface area contributed by atoms with Crippen LogP contribution < -0.4 is 15.4 Å². The van der Waals surface area contributed by atoms with Gasteiger partial charge in [-0.25, -0.2) is 4.79 Å². The minimum atomic E-state index is -0.346. The van der Waals surface area contributed by atoms with Gasteiger partial charge in [-0.15, -0.1) is 11.8 Å². The van der Waals surface area contributed by atoms with Gasteiger partial charge in [-0.3, -0.25) is 4.79 Å². The van der Waals surface area contributed by atoms with E-state index in [1.54, 1.807) is 19.2 Å². The van der Waals surface area contributed by atoms with E-state index in [4.69, 9.17) is 9.47 Å². The van der Waals surface area contributed by atoms with Crippen LogP contribution >= 0.6 is 11.8 Å². The number of alkyl carbamates (subject to hydrolysis) is 1. The molecule has 0 spiro atoms. The second-order valence-electron chi connectivity index (χ2n) is 8.78. The van der Waals surface area contributed by atoms with E-state index in [9.17, 15) is 9.59 Å². The summed E-state index contributed by atoms with van der Waals surface area (Å²) in [5.41, 5.74) is 1.83. The first kappa shape index (κ1) is 23.5. The summed E-state index contributed by atoms with van der Waals surface area (Å²) in [4.78, 5) is 26.3. The fourth-order valence-corrected chi connectivity index (χ4v) is 6.55. The number of amides is 2. The van der Waals surface area contributed by atoms with Crippen LogP contribution in [0.2, 0.25) is 0 Å². The molecule has 4 rings (SSSR count). The number of thioether (sulfide) groups is 1. The molecule has 1 atom stereocenters. The molecule has 33 heavy (non-hydrogen) atoms. The van der Waals surface area contributed by atoms with E-state index in [0.717, 1.165) is 31.4 Å². The van der Waals surface area contributed by atoms with Crippen molar-refractivity contribution in [3.8, 4) is 5.75 Å². The van der Waals surface area contributed by atoms with E-state index < -0.39 is 0 Å². The molecule has 1 unspecified atom stereocenters. The Morgan fingerprint density at radius 2 is 1.79 bits per heavy atom. The normalized spacial score (nSPS) is 23.9. The number of methoxy groups -OCH3 is 1. The molecule has 1 fully saturated rings. The van der Waals surface area contributed by atoms with Crippen LogP contribution in [0.15, 0.2) is 53.4 Å². The summed E-state index contributed by atoms with van der Waals surface area (Å²) in [7, 11) is 1.58. The Morgan fingerprint density at radius 3 is 2.55 bits per heavy atom. The zero-order chi connectivity index (χ0) is 23.3. The number of hydrogen-bond donors (Lipinski definition) is 2. The molecule has 176 valence electrons. The maximum absolute atomic E-state index is 13.1. The van der Waals surface area contributed by atoms with Crippen molar-refractivity contribution >= 4 is 23.8 Å². The summed E-state index contributed by atoms with van der Waals surface area (Å²) in [5, 5.41) is 5.94. The summed E-state index contributed by atoms with van der Waals surface area (Å²) in [6, 6.07) is 15.9. The summed E-state index contributed by atoms with van der Waals surface area (Å²) in [6.45, 7) is 3.02. The van der Waals surface area contributed by atoms with Crippen LogP contribution in [0.1, 0.15) is 54.4 Å². The first-order valence-corrected chi connectivity index (χ1v) is 12.6. The summed E-state index contributed by atoms with van der Waals surface area (Å²) >= 11 is 1.89. The van der Waals surface area contributed by atoms with E-state index in [2.05, 4.69) is 34.9 Å². The van der Waals surface area contributed by atoms with Gasteiger partial charge in [0.1, 0.15) is 11.9 Å². The highest BCUT2D eigenvalue weighted by Gasteiger charge is 2.46. The maximum atomic E-state index is 13.1. The van der Waals surface area contributed by atoms with Gasteiger partial charge in [0.2, 0.25) is 0 Å². The van der Waals surface area contributed by atoms with E-state index in [-0.39, 0.29) is 23.5 Å². The van der Waals surface area contributed by atoms with Crippen molar-refractivity contribution in [2.45, 2.75) is 49.5 Å². The molecule has 0 bridgehead atoms. The number of carbonyl (C=O) groups excluding carboxylic acids is 2. The van der Waals surface area contributed by atoms with E-state index in [0.29, 0.717) is 30.3 Å². The molecule has 6 nitrogen and oxygen atoms in total. The first-order chi connectivity index (χ1) is 16.1. The fourth-order valence-electron chi connectivity index (χ4n) is 5.12. The van der Waals surface area contributed by atoms with Crippen LogP contribution in [-0.2, 0) is 4.74 Å². The van der Waals surface area contributed by atoms with Crippen LogP contribution in [0.25, 0.3) is 0 Å². The van der Waals surface area contributed by atoms with Crippen molar-refractivity contribution in [2.75, 3.05) is 26.0 Å². The van der Waals surface area contributed by atoms with Crippen LogP contribution in [-0.4, -0.2) is 44.1 Å². The topological polar surface area (TPSA) is 76.7 Å². The van der Waals surface area contributed by atoms with Gasteiger partial charge >= 0.3 is 6.09 Å². The lowest BCUT2D eigenvalue weighted by molar-refractivity contribution is 0.0294. The molecule has 2 aliphatic rings. The third-order valence-electron chi connectivity index (χ3n) is 6.91. The smallest absolute Gasteiger partial charge is 0.407 e. The average molecular weight is 469 g/mol. The molecule has 2 aromatic rings. The van der Waals surface area contributed by atoms with Gasteiger partial charge in [0.25, 0.3) is 5.91 Å². The lowest BCUT2D eigenvalue weighted by Gasteiger charge is -2.44. The molecule has 1 aliphatic heterocycles. The number of ether oxygens (including phenoxy) is 2. The molecule has 1 saturated carbocycles. The monoisotopic (exact) mass is 468 g/mol. The average Bonchev–Trinajstić information content (AvgIpc) is 3.28. The predicted octanol–water partition coefficient (Wildman–Crippen LogP) is 4.99. The quantitative estimate of drug-likeness (QED) is 0.599. The third kappa shape index (κ3) is 5.13. The van der Waals surface area contributed by atoms with Crippen LogP contribution in [0.3, 0.4) is 0 Å². The van der Waals surface area contributed by atoms with E-state index >= 15 is 0 Å². The molecule has 7 heteroatoms. The largest absolute Gasteiger partial charge is 0.496 e. The van der Waals surface area contributed by atoms with Gasteiger partial charge in [-0.2, -0.15) is 0 Å². The molecule has 0 saturated heterocycles. The second-order valence-corrected chi connectivity index (χ2v) is 9.84. The van der Waals surface area contributed by atoms with Gasteiger partial charge in [-0.05, 0) is 61.8 Å². The second kappa shape index (κ2) is 10.5. The molecule has 2 aromatic carbocycles. The highest BCUT2D eigenvalue weighted by atomic mass is 32.2. The minimum Gasteiger partial charge on any atom is -0.496 e. The summed E-state index contributed by atoms with van der Waals surface area (Å²) in [5.74, 6) is 1.81. The molecule has 0 aromatic heterocycles. The van der Waals surface area contributed by atoms with Gasteiger partial charge in [0.05, 0.1) is 12.7 Å². The zero-order valence-corrected chi connectivity index (χ0v) is 20.1. The highest BCUT2D eigenvalue weighted by Crippen LogP contribution is 2.54. The number of hydrogen-bond acceptors (Lipinski definition) is 5. The van der Waals surface area contributed by atoms with Crippen LogP contribution in [0.5, 0.6) is 5.75 Å². The van der Waals surface area contributed by atoms with Crippen molar-refractivity contribution in [3.63, 3.8) is 0 Å². The Balaban J connectivity index is 1.52. The standard InChI is InChI=1S/C26H32N2O4S/c1-3-27-25(30)32-18-12-14-26(15-13-18,21-16-33-23-11-7-5-8-19(21)23)17-28-24(29)20-9-4-6-10-22(20)31-2/h4-11,18,21H,3,12-17H2,1-2H3,(H,27,30)(H,28,29). The third-order valence-corrected chi connectivity index (χ3v) is 8.10. The molecule has 1 heterocycles. The molecule has 2 N–H and O–H groups in total. The Kier molecular flexibility index (Phi) is 7.48. The lowest BCUT2D eigenvalue weighted by Crippen LogP contribution is -2.46. The van der Waals surface area contributed by atoms with Crippen LogP contribution in [0, 0.1) is 5.41 Å². The molecule has 1 aliphatic carbocycles. The Morgan fingerprint density at radius 1 is 1.06 bits per heavy atom. The number of para-hydroxylation sites is 1. The zero-order valence-electron chi connectivity index (χ0n) is 19.3. The first-order valence-electron chi connectivity index (χ1n) is 11.6. The van der Waals surface area contributed by atoms with Crippen molar-refractivity contribution in [1.29, 1.82) is 0 Å². The Bertz CT molecular complexity index is 988. The fraction of sp³-hybridized carbons (Fsp3) is 0.462. The Hall–Kier alpha value is -2.67. The van der Waals surface area contributed by atoms with Gasteiger partial charge in [0.15, 0.2) is 0 Å². The number of benzene rings is 2. The van der Waals surface area contributed by atoms with Crippen molar-refractivity contribution in [3.05, 3.63) is 59.7 Å². The van der Waals surface area contributed by atoms with Crippen molar-refractivity contribution in [2.24, 2.45) is 5.41 Å².